The lowest BCUT2D eigenvalue weighted by Crippen LogP contribution is -2.61. The van der Waals surface area contributed by atoms with E-state index in [4.69, 9.17) is 9.47 Å². The van der Waals surface area contributed by atoms with Gasteiger partial charge in [0, 0.05) is 24.1 Å². The molecule has 1 atom stereocenters. The summed E-state index contributed by atoms with van der Waals surface area (Å²) in [6, 6.07) is 10.3. The Morgan fingerprint density at radius 2 is 2.00 bits per heavy atom. The number of hydrogen-bond donors (Lipinski definition) is 1. The van der Waals surface area contributed by atoms with E-state index in [1.165, 1.54) is 25.9 Å². The fourth-order valence-corrected chi connectivity index (χ4v) is 4.40. The maximum Gasteiger partial charge on any atom is 0.291 e. The van der Waals surface area contributed by atoms with Gasteiger partial charge in [-0.1, -0.05) is 0 Å². The van der Waals surface area contributed by atoms with Gasteiger partial charge in [-0.3, -0.25) is 10.2 Å². The smallest absolute Gasteiger partial charge is 0.291 e. The van der Waals surface area contributed by atoms with E-state index in [2.05, 4.69) is 25.2 Å². The summed E-state index contributed by atoms with van der Waals surface area (Å²) in [5.74, 6) is 2.11. The van der Waals surface area contributed by atoms with E-state index >= 15 is 0 Å². The Morgan fingerprint density at radius 1 is 1.19 bits per heavy atom. The summed E-state index contributed by atoms with van der Waals surface area (Å²) in [6.45, 7) is 4.09. The highest BCUT2D eigenvalue weighted by molar-refractivity contribution is 5.90. The fourth-order valence-electron chi connectivity index (χ4n) is 4.40. The molecule has 1 spiro atoms. The second kappa shape index (κ2) is 6.49. The third-order valence-corrected chi connectivity index (χ3v) is 5.90. The summed E-state index contributed by atoms with van der Waals surface area (Å²) in [7, 11) is 1.66. The first kappa shape index (κ1) is 16.5. The van der Waals surface area contributed by atoms with Gasteiger partial charge in [0.2, 0.25) is 0 Å². The first-order valence-electron chi connectivity index (χ1n) is 9.43. The van der Waals surface area contributed by atoms with E-state index in [9.17, 15) is 0 Å². The van der Waals surface area contributed by atoms with Crippen LogP contribution in [0.3, 0.4) is 0 Å². The van der Waals surface area contributed by atoms with E-state index in [-0.39, 0.29) is 5.60 Å². The molecule has 4 aliphatic rings. The van der Waals surface area contributed by atoms with Gasteiger partial charge in [-0.05, 0) is 50.2 Å². The second-order valence-electron chi connectivity index (χ2n) is 7.48. The minimum atomic E-state index is -0.148. The summed E-state index contributed by atoms with van der Waals surface area (Å²) < 4.78 is 11.5. The molecule has 140 valence electrons. The van der Waals surface area contributed by atoms with Crippen LogP contribution in [0.5, 0.6) is 5.75 Å². The lowest BCUT2D eigenvalue weighted by molar-refractivity contribution is -0.0829. The molecule has 2 aromatic rings. The van der Waals surface area contributed by atoms with Crippen molar-refractivity contribution in [3.8, 4) is 17.0 Å². The molecule has 1 aromatic carbocycles. The van der Waals surface area contributed by atoms with Crippen LogP contribution in [0.15, 0.2) is 41.7 Å². The van der Waals surface area contributed by atoms with Crippen molar-refractivity contribution in [3.05, 3.63) is 36.7 Å². The number of nitrogens with zero attached hydrogens (tertiary/aromatic N) is 4. The van der Waals surface area contributed by atoms with E-state index in [1.54, 1.807) is 13.4 Å². The standard InChI is InChI=1S/C20H23N5O2/c1-26-16-4-2-14(3-5-16)17-10-18(23-13-22-17)24-19-21-11-20(27-19)12-25-8-6-15(20)7-9-25/h2-5,10,13,15H,6-9,11-12H2,1H3,(H,21,22,23,24). The van der Waals surface area contributed by atoms with Crippen molar-refractivity contribution in [2.75, 3.05) is 38.6 Å². The summed E-state index contributed by atoms with van der Waals surface area (Å²) in [4.78, 5) is 15.8. The van der Waals surface area contributed by atoms with Crippen LogP contribution in [0.4, 0.5) is 5.82 Å². The number of aliphatic imine (C=N–C) groups is 1. The number of aromatic nitrogens is 2. The van der Waals surface area contributed by atoms with E-state index in [0.717, 1.165) is 30.1 Å². The van der Waals surface area contributed by atoms with Crippen molar-refractivity contribution in [2.24, 2.45) is 10.9 Å². The zero-order chi connectivity index (χ0) is 18.3. The number of amidine groups is 1. The SMILES string of the molecule is COc1ccc(-c2cc(NC3=NCC4(CN5CCC4CC5)O3)ncn2)cc1. The number of rotatable bonds is 3. The maximum absolute atomic E-state index is 6.32. The Balaban J connectivity index is 1.30. The molecular formula is C20H23N5O2. The molecule has 0 saturated carbocycles. The molecule has 2 bridgehead atoms. The Morgan fingerprint density at radius 3 is 2.70 bits per heavy atom. The van der Waals surface area contributed by atoms with Crippen LogP contribution in [0.2, 0.25) is 0 Å². The molecule has 4 aliphatic heterocycles. The lowest BCUT2D eigenvalue weighted by atomic mass is 9.75. The van der Waals surface area contributed by atoms with Crippen molar-refractivity contribution in [1.82, 2.24) is 14.9 Å². The Bertz CT molecular complexity index is 861. The summed E-state index contributed by atoms with van der Waals surface area (Å²) in [5, 5.41) is 3.24. The van der Waals surface area contributed by atoms with Gasteiger partial charge in [-0.15, -0.1) is 0 Å². The average molecular weight is 365 g/mol. The molecule has 7 heteroatoms. The van der Waals surface area contributed by atoms with Gasteiger partial charge >= 0.3 is 0 Å². The summed E-state index contributed by atoms with van der Waals surface area (Å²) in [6.07, 6.45) is 3.97. The molecule has 0 amide bonds. The highest BCUT2D eigenvalue weighted by atomic mass is 16.5. The van der Waals surface area contributed by atoms with Crippen LogP contribution >= 0.6 is 0 Å². The zero-order valence-electron chi connectivity index (χ0n) is 15.4. The highest BCUT2D eigenvalue weighted by Gasteiger charge is 2.51. The minimum absolute atomic E-state index is 0.148. The van der Waals surface area contributed by atoms with E-state index in [0.29, 0.717) is 17.8 Å². The van der Waals surface area contributed by atoms with Crippen molar-refractivity contribution >= 4 is 11.8 Å². The van der Waals surface area contributed by atoms with Gasteiger partial charge in [0.1, 0.15) is 23.5 Å². The van der Waals surface area contributed by atoms with Crippen molar-refractivity contribution in [1.29, 1.82) is 0 Å². The largest absolute Gasteiger partial charge is 0.497 e. The quantitative estimate of drug-likeness (QED) is 0.901. The zero-order valence-corrected chi connectivity index (χ0v) is 15.4. The number of benzene rings is 1. The van der Waals surface area contributed by atoms with Crippen LogP contribution in [0.25, 0.3) is 11.3 Å². The fraction of sp³-hybridized carbons (Fsp3) is 0.450. The second-order valence-corrected chi connectivity index (χ2v) is 7.48. The maximum atomic E-state index is 6.32. The van der Waals surface area contributed by atoms with Gasteiger partial charge < -0.3 is 9.47 Å². The average Bonchev–Trinajstić information content (AvgIpc) is 3.11. The molecule has 7 nitrogen and oxygen atoms in total. The number of nitrogens with one attached hydrogen (secondary N) is 1. The minimum Gasteiger partial charge on any atom is -0.497 e. The number of hydrogen-bond acceptors (Lipinski definition) is 7. The van der Waals surface area contributed by atoms with Crippen molar-refractivity contribution in [2.45, 2.75) is 18.4 Å². The van der Waals surface area contributed by atoms with Crippen molar-refractivity contribution < 1.29 is 9.47 Å². The molecule has 3 fully saturated rings. The van der Waals surface area contributed by atoms with E-state index in [1.807, 2.05) is 30.3 Å². The molecule has 0 aliphatic carbocycles. The van der Waals surface area contributed by atoms with Crippen LogP contribution in [0.1, 0.15) is 12.8 Å². The molecule has 1 N–H and O–H groups in total. The number of methoxy groups -OCH3 is 1. The monoisotopic (exact) mass is 365 g/mol. The third-order valence-electron chi connectivity index (χ3n) is 5.90. The number of anilines is 1. The summed E-state index contributed by atoms with van der Waals surface area (Å²) >= 11 is 0. The third kappa shape index (κ3) is 3.02. The molecule has 0 radical (unpaired) electrons. The highest BCUT2D eigenvalue weighted by Crippen LogP contribution is 2.40. The lowest BCUT2D eigenvalue weighted by Gasteiger charge is -2.50. The Kier molecular flexibility index (Phi) is 3.97. The van der Waals surface area contributed by atoms with Crippen LogP contribution < -0.4 is 10.1 Å². The molecule has 5 heterocycles. The van der Waals surface area contributed by atoms with Crippen molar-refractivity contribution in [3.63, 3.8) is 0 Å². The Labute approximate surface area is 158 Å². The summed E-state index contributed by atoms with van der Waals surface area (Å²) in [5.41, 5.74) is 1.70. The van der Waals surface area contributed by atoms with Gasteiger partial charge in [-0.2, -0.15) is 0 Å². The first-order chi connectivity index (χ1) is 13.2. The van der Waals surface area contributed by atoms with Gasteiger partial charge in [0.05, 0.1) is 19.3 Å². The normalized spacial score (nSPS) is 28.7. The molecule has 1 unspecified atom stereocenters. The predicted octanol–water partition coefficient (Wildman–Crippen LogP) is 2.41. The number of fused-ring (bicyclic) bond motifs is 2. The predicted molar refractivity (Wildman–Crippen MR) is 103 cm³/mol. The molecule has 3 saturated heterocycles. The molecular weight excluding hydrogens is 342 g/mol. The number of piperidine rings is 3. The van der Waals surface area contributed by atoms with Crippen LogP contribution in [-0.4, -0.2) is 59.8 Å². The molecule has 6 rings (SSSR count). The van der Waals surface area contributed by atoms with Gasteiger partial charge in [0.25, 0.3) is 6.02 Å². The molecule has 27 heavy (non-hydrogen) atoms. The topological polar surface area (TPSA) is 71.9 Å². The molecule has 1 aromatic heterocycles. The van der Waals surface area contributed by atoms with Gasteiger partial charge in [-0.25, -0.2) is 15.0 Å². The van der Waals surface area contributed by atoms with E-state index < -0.39 is 0 Å². The van der Waals surface area contributed by atoms with Crippen LogP contribution in [-0.2, 0) is 4.74 Å². The van der Waals surface area contributed by atoms with Gasteiger partial charge in [0.15, 0.2) is 0 Å². The van der Waals surface area contributed by atoms with Crippen LogP contribution in [0, 0.1) is 5.92 Å². The Hall–Kier alpha value is -2.67. The first-order valence-corrected chi connectivity index (χ1v) is 9.43. The number of ether oxygens (including phenoxy) is 2.